The van der Waals surface area contributed by atoms with E-state index in [4.69, 9.17) is 0 Å². The SMILES string of the molecule is CC.Cc1cnn2cccc(C3CC3)c12. The first kappa shape index (κ1) is 10.2. The lowest BCUT2D eigenvalue weighted by atomic mass is 10.1. The Hall–Kier alpha value is -1.31. The van der Waals surface area contributed by atoms with Gasteiger partial charge in [0, 0.05) is 6.20 Å². The van der Waals surface area contributed by atoms with Gasteiger partial charge in [-0.3, -0.25) is 0 Å². The number of pyridine rings is 1. The second-order valence-corrected chi connectivity index (χ2v) is 3.86. The van der Waals surface area contributed by atoms with Crippen LogP contribution in [0.2, 0.25) is 0 Å². The molecule has 2 aromatic rings. The van der Waals surface area contributed by atoms with Crippen molar-refractivity contribution in [3.63, 3.8) is 0 Å². The van der Waals surface area contributed by atoms with Crippen molar-refractivity contribution >= 4 is 5.52 Å². The zero-order valence-electron chi connectivity index (χ0n) is 9.70. The van der Waals surface area contributed by atoms with E-state index >= 15 is 0 Å². The van der Waals surface area contributed by atoms with Gasteiger partial charge in [-0.2, -0.15) is 5.10 Å². The number of hydrogen-bond acceptors (Lipinski definition) is 1. The molecule has 0 bridgehead atoms. The van der Waals surface area contributed by atoms with E-state index in [-0.39, 0.29) is 0 Å². The molecule has 2 heteroatoms. The normalized spacial score (nSPS) is 14.9. The Labute approximate surface area is 90.9 Å². The molecule has 1 saturated carbocycles. The van der Waals surface area contributed by atoms with Gasteiger partial charge in [-0.15, -0.1) is 0 Å². The molecule has 1 aliphatic carbocycles. The molecule has 2 heterocycles. The van der Waals surface area contributed by atoms with E-state index in [0.717, 1.165) is 5.92 Å². The minimum atomic E-state index is 0.805. The van der Waals surface area contributed by atoms with Crippen LogP contribution in [0, 0.1) is 6.92 Å². The summed E-state index contributed by atoms with van der Waals surface area (Å²) in [5.74, 6) is 0.805. The smallest absolute Gasteiger partial charge is 0.0725 e. The van der Waals surface area contributed by atoms with E-state index in [1.54, 1.807) is 0 Å². The van der Waals surface area contributed by atoms with E-state index in [2.05, 4.69) is 24.2 Å². The molecule has 0 amide bonds. The van der Waals surface area contributed by atoms with Crippen molar-refractivity contribution in [2.45, 2.75) is 39.5 Å². The molecule has 0 radical (unpaired) electrons. The van der Waals surface area contributed by atoms with Gasteiger partial charge < -0.3 is 0 Å². The maximum absolute atomic E-state index is 4.31. The summed E-state index contributed by atoms with van der Waals surface area (Å²) in [6, 6.07) is 4.33. The lowest BCUT2D eigenvalue weighted by Crippen LogP contribution is -1.90. The molecule has 0 aromatic carbocycles. The fourth-order valence-electron chi connectivity index (χ4n) is 1.95. The van der Waals surface area contributed by atoms with Crippen LogP contribution in [0.3, 0.4) is 0 Å². The first-order chi connectivity index (χ1) is 7.36. The monoisotopic (exact) mass is 202 g/mol. The first-order valence-corrected chi connectivity index (χ1v) is 5.79. The van der Waals surface area contributed by atoms with Gasteiger partial charge in [0.05, 0.1) is 11.7 Å². The fraction of sp³-hybridized carbons (Fsp3) is 0.462. The van der Waals surface area contributed by atoms with E-state index in [0.29, 0.717) is 0 Å². The number of rotatable bonds is 1. The maximum Gasteiger partial charge on any atom is 0.0725 e. The van der Waals surface area contributed by atoms with Crippen LogP contribution < -0.4 is 0 Å². The lowest BCUT2D eigenvalue weighted by Gasteiger charge is -2.01. The molecule has 0 spiro atoms. The summed E-state index contributed by atoms with van der Waals surface area (Å²) in [5.41, 5.74) is 4.10. The Bertz CT molecular complexity index is 453. The minimum Gasteiger partial charge on any atom is -0.240 e. The van der Waals surface area contributed by atoms with E-state index < -0.39 is 0 Å². The molecule has 80 valence electrons. The second-order valence-electron chi connectivity index (χ2n) is 3.86. The van der Waals surface area contributed by atoms with Crippen LogP contribution in [-0.2, 0) is 0 Å². The van der Waals surface area contributed by atoms with Gasteiger partial charge in [0.25, 0.3) is 0 Å². The molecular formula is C13H18N2. The van der Waals surface area contributed by atoms with Gasteiger partial charge in [0.1, 0.15) is 0 Å². The summed E-state index contributed by atoms with van der Waals surface area (Å²) in [4.78, 5) is 0. The van der Waals surface area contributed by atoms with Crippen molar-refractivity contribution in [2.24, 2.45) is 0 Å². The Morgan fingerprint density at radius 3 is 2.73 bits per heavy atom. The van der Waals surface area contributed by atoms with Crippen LogP contribution in [-0.4, -0.2) is 9.61 Å². The Morgan fingerprint density at radius 2 is 2.07 bits per heavy atom. The Balaban J connectivity index is 0.000000404. The van der Waals surface area contributed by atoms with Gasteiger partial charge in [-0.05, 0) is 42.9 Å². The molecule has 0 saturated heterocycles. The summed E-state index contributed by atoms with van der Waals surface area (Å²) in [5, 5.41) is 4.31. The third kappa shape index (κ3) is 1.76. The van der Waals surface area contributed by atoms with Gasteiger partial charge in [0.2, 0.25) is 0 Å². The third-order valence-corrected chi connectivity index (χ3v) is 2.77. The predicted molar refractivity (Wildman–Crippen MR) is 63.3 cm³/mol. The fourth-order valence-corrected chi connectivity index (χ4v) is 1.95. The molecule has 0 unspecified atom stereocenters. The van der Waals surface area contributed by atoms with E-state index in [9.17, 15) is 0 Å². The van der Waals surface area contributed by atoms with Crippen molar-refractivity contribution in [3.05, 3.63) is 35.7 Å². The molecule has 15 heavy (non-hydrogen) atoms. The van der Waals surface area contributed by atoms with Crippen LogP contribution in [0.25, 0.3) is 5.52 Å². The van der Waals surface area contributed by atoms with Gasteiger partial charge >= 0.3 is 0 Å². The van der Waals surface area contributed by atoms with Crippen molar-refractivity contribution in [1.29, 1.82) is 0 Å². The Kier molecular flexibility index (Phi) is 2.76. The number of fused-ring (bicyclic) bond motifs is 1. The van der Waals surface area contributed by atoms with Crippen LogP contribution in [0.4, 0.5) is 0 Å². The van der Waals surface area contributed by atoms with Gasteiger partial charge in [0.15, 0.2) is 0 Å². The van der Waals surface area contributed by atoms with Crippen molar-refractivity contribution < 1.29 is 0 Å². The highest BCUT2D eigenvalue weighted by Gasteiger charge is 2.26. The third-order valence-electron chi connectivity index (χ3n) is 2.77. The molecule has 1 fully saturated rings. The average Bonchev–Trinajstić information content (AvgIpc) is 3.07. The zero-order chi connectivity index (χ0) is 10.8. The molecule has 3 rings (SSSR count). The highest BCUT2D eigenvalue weighted by atomic mass is 15.2. The van der Waals surface area contributed by atoms with Crippen LogP contribution in [0.5, 0.6) is 0 Å². The zero-order valence-corrected chi connectivity index (χ0v) is 9.70. The van der Waals surface area contributed by atoms with Crippen LogP contribution in [0.15, 0.2) is 24.5 Å². The number of nitrogens with zero attached hydrogens (tertiary/aromatic N) is 2. The number of hydrogen-bond donors (Lipinski definition) is 0. The van der Waals surface area contributed by atoms with Gasteiger partial charge in [-0.1, -0.05) is 19.9 Å². The van der Waals surface area contributed by atoms with E-state index in [1.165, 1.54) is 29.5 Å². The van der Waals surface area contributed by atoms with Crippen LogP contribution in [0.1, 0.15) is 43.7 Å². The summed E-state index contributed by atoms with van der Waals surface area (Å²) < 4.78 is 1.99. The largest absolute Gasteiger partial charge is 0.240 e. The quantitative estimate of drug-likeness (QED) is 0.691. The average molecular weight is 202 g/mol. The predicted octanol–water partition coefficient (Wildman–Crippen LogP) is 3.55. The highest BCUT2D eigenvalue weighted by Crippen LogP contribution is 2.42. The topological polar surface area (TPSA) is 17.3 Å². The summed E-state index contributed by atoms with van der Waals surface area (Å²) in [6.07, 6.45) is 6.67. The van der Waals surface area contributed by atoms with Crippen LogP contribution >= 0.6 is 0 Å². The van der Waals surface area contributed by atoms with Gasteiger partial charge in [-0.25, -0.2) is 4.52 Å². The molecule has 1 aliphatic rings. The second kappa shape index (κ2) is 4.05. The summed E-state index contributed by atoms with van der Waals surface area (Å²) in [6.45, 7) is 6.13. The van der Waals surface area contributed by atoms with Crippen molar-refractivity contribution in [2.75, 3.05) is 0 Å². The van der Waals surface area contributed by atoms with Crippen molar-refractivity contribution in [3.8, 4) is 0 Å². The maximum atomic E-state index is 4.31. The molecule has 2 nitrogen and oxygen atoms in total. The highest BCUT2D eigenvalue weighted by molar-refractivity contribution is 5.61. The summed E-state index contributed by atoms with van der Waals surface area (Å²) >= 11 is 0. The lowest BCUT2D eigenvalue weighted by molar-refractivity contribution is 0.945. The standard InChI is InChI=1S/C11H12N2.C2H6/c1-8-7-12-13-6-2-3-10(11(8)13)9-4-5-9;1-2/h2-3,6-7,9H,4-5H2,1H3;1-2H3. The molecule has 0 N–H and O–H groups in total. The molecular weight excluding hydrogens is 184 g/mol. The molecule has 2 aromatic heterocycles. The van der Waals surface area contributed by atoms with E-state index in [1.807, 2.05) is 30.8 Å². The number of aryl methyl sites for hydroxylation is 1. The Morgan fingerprint density at radius 1 is 1.33 bits per heavy atom. The molecule has 0 aliphatic heterocycles. The van der Waals surface area contributed by atoms with Crippen molar-refractivity contribution in [1.82, 2.24) is 9.61 Å². The number of aromatic nitrogens is 2. The first-order valence-electron chi connectivity index (χ1n) is 5.79. The summed E-state index contributed by atoms with van der Waals surface area (Å²) in [7, 11) is 0. The molecule has 0 atom stereocenters. The minimum absolute atomic E-state index is 0.805.